The minimum Gasteiger partial charge on any atom is -0.334 e. The maximum Gasteiger partial charge on any atom is 0.279 e. The fraction of sp³-hybridized carbons (Fsp3) is 0.318. The van der Waals surface area contributed by atoms with Crippen LogP contribution in [0.3, 0.4) is 0 Å². The molecule has 0 aliphatic carbocycles. The summed E-state index contributed by atoms with van der Waals surface area (Å²) in [5.41, 5.74) is 0.807. The van der Waals surface area contributed by atoms with Crippen LogP contribution in [0.15, 0.2) is 59.4 Å². The average Bonchev–Trinajstić information content (AvgIpc) is 2.74. The molecular formula is C22H23N3O2. The van der Waals surface area contributed by atoms with Crippen molar-refractivity contribution >= 4 is 16.7 Å². The maximum absolute atomic E-state index is 13.4. The standard InChI is InChI=1S/C22H23N3O2/c1-2-16-10-8-9-15-24(16)22(27)20-18-13-6-7-14-19(18)21(26)25(23-20)17-11-4-3-5-12-17/h3-7,11-14,16H,2,8-10,15H2,1H3. The van der Waals surface area contributed by atoms with Crippen LogP contribution in [0.5, 0.6) is 0 Å². The Morgan fingerprint density at radius 2 is 1.74 bits per heavy atom. The van der Waals surface area contributed by atoms with E-state index in [1.54, 1.807) is 6.07 Å². The van der Waals surface area contributed by atoms with Gasteiger partial charge < -0.3 is 4.90 Å². The number of rotatable bonds is 3. The minimum atomic E-state index is -0.209. The van der Waals surface area contributed by atoms with Gasteiger partial charge in [0.15, 0.2) is 5.69 Å². The molecule has 2 aromatic carbocycles. The summed E-state index contributed by atoms with van der Waals surface area (Å²) >= 11 is 0. The molecule has 1 amide bonds. The van der Waals surface area contributed by atoms with Crippen molar-refractivity contribution in [2.24, 2.45) is 0 Å². The predicted octanol–water partition coefficient (Wildman–Crippen LogP) is 3.79. The molecular weight excluding hydrogens is 338 g/mol. The van der Waals surface area contributed by atoms with E-state index in [4.69, 9.17) is 0 Å². The minimum absolute atomic E-state index is 0.0811. The van der Waals surface area contributed by atoms with Crippen LogP contribution in [0.1, 0.15) is 43.1 Å². The average molecular weight is 361 g/mol. The highest BCUT2D eigenvalue weighted by Gasteiger charge is 2.29. The smallest absolute Gasteiger partial charge is 0.279 e. The molecule has 1 aromatic heterocycles. The lowest BCUT2D eigenvalue weighted by atomic mass is 9.99. The van der Waals surface area contributed by atoms with Gasteiger partial charge in [-0.25, -0.2) is 0 Å². The maximum atomic E-state index is 13.4. The van der Waals surface area contributed by atoms with Crippen LogP contribution < -0.4 is 5.56 Å². The van der Waals surface area contributed by atoms with Crippen LogP contribution in [0.2, 0.25) is 0 Å². The SMILES string of the molecule is CCC1CCCCN1C(=O)c1nn(-c2ccccc2)c(=O)c2ccccc12. The molecule has 5 heteroatoms. The predicted molar refractivity (Wildman–Crippen MR) is 106 cm³/mol. The van der Waals surface area contributed by atoms with Crippen LogP contribution in [0.4, 0.5) is 0 Å². The normalized spacial score (nSPS) is 17.2. The number of carbonyl (C=O) groups excluding carboxylic acids is 1. The Hall–Kier alpha value is -2.95. The van der Waals surface area contributed by atoms with Gasteiger partial charge in [-0.1, -0.05) is 43.3 Å². The highest BCUT2D eigenvalue weighted by atomic mass is 16.2. The largest absolute Gasteiger partial charge is 0.334 e. The van der Waals surface area contributed by atoms with Gasteiger partial charge in [0.1, 0.15) is 0 Å². The summed E-state index contributed by atoms with van der Waals surface area (Å²) in [5, 5.41) is 5.67. The van der Waals surface area contributed by atoms with Crippen LogP contribution in [0.25, 0.3) is 16.5 Å². The van der Waals surface area contributed by atoms with Crippen molar-refractivity contribution in [2.75, 3.05) is 6.54 Å². The summed E-state index contributed by atoms with van der Waals surface area (Å²) in [4.78, 5) is 28.3. The van der Waals surface area contributed by atoms with Crippen molar-refractivity contribution in [2.45, 2.75) is 38.6 Å². The van der Waals surface area contributed by atoms with E-state index < -0.39 is 0 Å². The lowest BCUT2D eigenvalue weighted by molar-refractivity contribution is 0.0602. The number of aromatic nitrogens is 2. The Labute approximate surface area is 158 Å². The van der Waals surface area contributed by atoms with E-state index in [-0.39, 0.29) is 17.5 Å². The molecule has 27 heavy (non-hydrogen) atoms. The molecule has 0 saturated carbocycles. The molecule has 3 aromatic rings. The van der Waals surface area contributed by atoms with Gasteiger partial charge in [0.2, 0.25) is 0 Å². The lowest BCUT2D eigenvalue weighted by Gasteiger charge is -2.35. The van der Waals surface area contributed by atoms with Crippen LogP contribution >= 0.6 is 0 Å². The Balaban J connectivity index is 1.91. The van der Waals surface area contributed by atoms with Gasteiger partial charge in [0.05, 0.1) is 11.1 Å². The highest BCUT2D eigenvalue weighted by molar-refractivity contribution is 6.05. The second kappa shape index (κ2) is 7.35. The van der Waals surface area contributed by atoms with Crippen molar-refractivity contribution in [1.29, 1.82) is 0 Å². The van der Waals surface area contributed by atoms with Crippen molar-refractivity contribution in [3.05, 3.63) is 70.6 Å². The fourth-order valence-corrected chi connectivity index (χ4v) is 3.92. The summed E-state index contributed by atoms with van der Waals surface area (Å²) in [6, 6.07) is 16.8. The number of carbonyl (C=O) groups is 1. The Morgan fingerprint density at radius 3 is 2.48 bits per heavy atom. The van der Waals surface area contributed by atoms with Crippen LogP contribution in [-0.4, -0.2) is 33.2 Å². The highest BCUT2D eigenvalue weighted by Crippen LogP contribution is 2.24. The van der Waals surface area contributed by atoms with Gasteiger partial charge in [-0.2, -0.15) is 9.78 Å². The second-order valence-electron chi connectivity index (χ2n) is 7.00. The number of para-hydroxylation sites is 1. The van der Waals surface area contributed by atoms with E-state index in [1.807, 2.05) is 53.4 Å². The molecule has 1 fully saturated rings. The Morgan fingerprint density at radius 1 is 1.04 bits per heavy atom. The van der Waals surface area contributed by atoms with E-state index in [2.05, 4.69) is 12.0 Å². The second-order valence-corrected chi connectivity index (χ2v) is 7.00. The van der Waals surface area contributed by atoms with Gasteiger partial charge in [0, 0.05) is 18.0 Å². The third-order valence-electron chi connectivity index (χ3n) is 5.37. The zero-order valence-electron chi connectivity index (χ0n) is 15.5. The molecule has 4 rings (SSSR count). The number of nitrogens with zero attached hydrogens (tertiary/aromatic N) is 3. The summed E-state index contributed by atoms with van der Waals surface area (Å²) in [6.45, 7) is 2.87. The molecule has 1 aliphatic heterocycles. The van der Waals surface area contributed by atoms with Gasteiger partial charge in [-0.3, -0.25) is 9.59 Å². The zero-order chi connectivity index (χ0) is 18.8. The van der Waals surface area contributed by atoms with E-state index in [1.165, 1.54) is 4.68 Å². The quantitative estimate of drug-likeness (QED) is 0.713. The number of likely N-dealkylation sites (tertiary alicyclic amines) is 1. The van der Waals surface area contributed by atoms with E-state index >= 15 is 0 Å². The first-order valence-electron chi connectivity index (χ1n) is 9.59. The first-order chi connectivity index (χ1) is 13.2. The summed E-state index contributed by atoms with van der Waals surface area (Å²) in [5.74, 6) is -0.0811. The van der Waals surface area contributed by atoms with Crippen molar-refractivity contribution in [3.63, 3.8) is 0 Å². The summed E-state index contributed by atoms with van der Waals surface area (Å²) in [7, 11) is 0. The van der Waals surface area contributed by atoms with Gasteiger partial charge in [0.25, 0.3) is 11.5 Å². The van der Waals surface area contributed by atoms with Gasteiger partial charge >= 0.3 is 0 Å². The molecule has 5 nitrogen and oxygen atoms in total. The number of hydrogen-bond donors (Lipinski definition) is 0. The number of benzene rings is 2. The molecule has 0 spiro atoms. The fourth-order valence-electron chi connectivity index (χ4n) is 3.92. The third kappa shape index (κ3) is 3.14. The van der Waals surface area contributed by atoms with E-state index in [0.717, 1.165) is 32.2 Å². The molecule has 2 heterocycles. The molecule has 1 aliphatic rings. The van der Waals surface area contributed by atoms with Gasteiger partial charge in [-0.15, -0.1) is 0 Å². The molecule has 0 bridgehead atoms. The lowest BCUT2D eigenvalue weighted by Crippen LogP contribution is -2.44. The molecule has 0 N–H and O–H groups in total. The molecule has 0 radical (unpaired) electrons. The number of piperidine rings is 1. The van der Waals surface area contributed by atoms with E-state index in [0.29, 0.717) is 22.2 Å². The zero-order valence-corrected chi connectivity index (χ0v) is 15.5. The molecule has 1 unspecified atom stereocenters. The van der Waals surface area contributed by atoms with Crippen molar-refractivity contribution in [1.82, 2.24) is 14.7 Å². The first kappa shape index (κ1) is 17.5. The molecule has 1 atom stereocenters. The number of amides is 1. The molecule has 1 saturated heterocycles. The van der Waals surface area contributed by atoms with Crippen molar-refractivity contribution in [3.8, 4) is 5.69 Å². The molecule has 138 valence electrons. The van der Waals surface area contributed by atoms with E-state index in [9.17, 15) is 9.59 Å². The first-order valence-corrected chi connectivity index (χ1v) is 9.59. The number of fused-ring (bicyclic) bond motifs is 1. The number of hydrogen-bond acceptors (Lipinski definition) is 3. The third-order valence-corrected chi connectivity index (χ3v) is 5.37. The van der Waals surface area contributed by atoms with Crippen LogP contribution in [-0.2, 0) is 0 Å². The topological polar surface area (TPSA) is 55.2 Å². The summed E-state index contributed by atoms with van der Waals surface area (Å²) in [6.07, 6.45) is 4.12. The Kier molecular flexibility index (Phi) is 4.75. The summed E-state index contributed by atoms with van der Waals surface area (Å²) < 4.78 is 1.35. The van der Waals surface area contributed by atoms with Crippen molar-refractivity contribution < 1.29 is 4.79 Å². The monoisotopic (exact) mass is 361 g/mol. The van der Waals surface area contributed by atoms with Gasteiger partial charge in [-0.05, 0) is 43.9 Å². The Bertz CT molecular complexity index is 1030. The van der Waals surface area contributed by atoms with Crippen LogP contribution in [0, 0.1) is 0 Å².